The monoisotopic (exact) mass is 244 g/mol. The van der Waals surface area contributed by atoms with Crippen LogP contribution in [0, 0.1) is 0 Å². The fraction of sp³-hybridized carbons (Fsp3) is 0.154. The molecule has 0 amide bonds. The molecule has 2 aromatic rings. The second kappa shape index (κ2) is 5.27. The molecule has 2 aromatic heterocycles. The molecule has 0 N–H and O–H groups in total. The molecule has 0 bridgehead atoms. The lowest BCUT2D eigenvalue weighted by molar-refractivity contribution is 0.102. The van der Waals surface area contributed by atoms with E-state index in [1.165, 1.54) is 26.6 Å². The zero-order valence-corrected chi connectivity index (χ0v) is 10.1. The maximum absolute atomic E-state index is 12.4. The SMILES string of the molecule is COc1cnccc1C(=O)c1ncccc1OC. The van der Waals surface area contributed by atoms with Gasteiger partial charge in [-0.15, -0.1) is 0 Å². The van der Waals surface area contributed by atoms with Crippen LogP contribution in [0.3, 0.4) is 0 Å². The van der Waals surface area contributed by atoms with Gasteiger partial charge in [-0.1, -0.05) is 0 Å². The van der Waals surface area contributed by atoms with Crippen molar-refractivity contribution < 1.29 is 14.3 Å². The third-order valence-electron chi connectivity index (χ3n) is 2.45. The Kier molecular flexibility index (Phi) is 3.52. The van der Waals surface area contributed by atoms with Crippen molar-refractivity contribution in [3.63, 3.8) is 0 Å². The fourth-order valence-electron chi connectivity index (χ4n) is 1.58. The molecule has 0 aliphatic rings. The third-order valence-corrected chi connectivity index (χ3v) is 2.45. The lowest BCUT2D eigenvalue weighted by Crippen LogP contribution is -2.08. The Morgan fingerprint density at radius 1 is 1.11 bits per heavy atom. The Morgan fingerprint density at radius 2 is 1.89 bits per heavy atom. The zero-order valence-electron chi connectivity index (χ0n) is 10.1. The van der Waals surface area contributed by atoms with Gasteiger partial charge in [-0.05, 0) is 18.2 Å². The van der Waals surface area contributed by atoms with E-state index in [9.17, 15) is 4.79 Å². The number of carbonyl (C=O) groups excluding carboxylic acids is 1. The van der Waals surface area contributed by atoms with E-state index in [0.717, 1.165) is 0 Å². The van der Waals surface area contributed by atoms with E-state index < -0.39 is 0 Å². The average molecular weight is 244 g/mol. The number of hydrogen-bond acceptors (Lipinski definition) is 5. The molecule has 0 unspecified atom stereocenters. The first-order valence-electron chi connectivity index (χ1n) is 5.29. The first kappa shape index (κ1) is 12.0. The van der Waals surface area contributed by atoms with Crippen LogP contribution in [0.5, 0.6) is 11.5 Å². The summed E-state index contributed by atoms with van der Waals surface area (Å²) in [6, 6.07) is 4.99. The number of carbonyl (C=O) groups is 1. The van der Waals surface area contributed by atoms with Crippen LogP contribution < -0.4 is 9.47 Å². The summed E-state index contributed by atoms with van der Waals surface area (Å²) in [4.78, 5) is 20.3. The number of nitrogens with zero attached hydrogens (tertiary/aromatic N) is 2. The van der Waals surface area contributed by atoms with Crippen molar-refractivity contribution >= 4 is 5.78 Å². The summed E-state index contributed by atoms with van der Waals surface area (Å²) in [5.41, 5.74) is 0.661. The molecule has 18 heavy (non-hydrogen) atoms. The summed E-state index contributed by atoms with van der Waals surface area (Å²) in [6.07, 6.45) is 4.57. The van der Waals surface area contributed by atoms with Crippen molar-refractivity contribution in [1.29, 1.82) is 0 Å². The van der Waals surface area contributed by atoms with Gasteiger partial charge in [0.1, 0.15) is 11.5 Å². The molecule has 2 heterocycles. The molecule has 5 nitrogen and oxygen atoms in total. The molecule has 0 atom stereocenters. The molecule has 0 aromatic carbocycles. The Morgan fingerprint density at radius 3 is 2.61 bits per heavy atom. The highest BCUT2D eigenvalue weighted by molar-refractivity contribution is 6.10. The minimum atomic E-state index is -0.258. The van der Waals surface area contributed by atoms with Crippen molar-refractivity contribution in [1.82, 2.24) is 9.97 Å². The summed E-state index contributed by atoms with van der Waals surface area (Å²) in [6.45, 7) is 0. The Labute approximate surface area is 104 Å². The van der Waals surface area contributed by atoms with E-state index in [1.807, 2.05) is 0 Å². The lowest BCUT2D eigenvalue weighted by Gasteiger charge is -2.08. The fourth-order valence-corrected chi connectivity index (χ4v) is 1.58. The Balaban J connectivity index is 2.48. The second-order valence-corrected chi connectivity index (χ2v) is 3.46. The Hall–Kier alpha value is -2.43. The van der Waals surface area contributed by atoms with Crippen LogP contribution in [-0.4, -0.2) is 30.0 Å². The quantitative estimate of drug-likeness (QED) is 0.766. The Bertz CT molecular complexity index is 520. The largest absolute Gasteiger partial charge is 0.494 e. The molecule has 0 saturated carbocycles. The number of ketones is 1. The molecule has 0 spiro atoms. The van der Waals surface area contributed by atoms with Crippen LogP contribution in [0.2, 0.25) is 0 Å². The van der Waals surface area contributed by atoms with Gasteiger partial charge in [-0.3, -0.25) is 9.78 Å². The van der Waals surface area contributed by atoms with Gasteiger partial charge in [-0.2, -0.15) is 0 Å². The van der Waals surface area contributed by atoms with E-state index in [4.69, 9.17) is 9.47 Å². The second-order valence-electron chi connectivity index (χ2n) is 3.46. The maximum Gasteiger partial charge on any atom is 0.218 e. The van der Waals surface area contributed by atoms with Crippen molar-refractivity contribution in [3.8, 4) is 11.5 Å². The topological polar surface area (TPSA) is 61.3 Å². The summed E-state index contributed by atoms with van der Waals surface area (Å²) < 4.78 is 10.2. The van der Waals surface area contributed by atoms with Crippen LogP contribution in [0.1, 0.15) is 16.1 Å². The van der Waals surface area contributed by atoms with Crippen LogP contribution in [0.4, 0.5) is 0 Å². The zero-order chi connectivity index (χ0) is 13.0. The van der Waals surface area contributed by atoms with Gasteiger partial charge in [0.25, 0.3) is 0 Å². The number of ether oxygens (including phenoxy) is 2. The van der Waals surface area contributed by atoms with Crippen molar-refractivity contribution in [3.05, 3.63) is 48.0 Å². The number of hydrogen-bond donors (Lipinski definition) is 0. The van der Waals surface area contributed by atoms with Crippen LogP contribution >= 0.6 is 0 Å². The van der Waals surface area contributed by atoms with Crippen LogP contribution in [-0.2, 0) is 0 Å². The predicted molar refractivity (Wildman–Crippen MR) is 65.0 cm³/mol. The van der Waals surface area contributed by atoms with Gasteiger partial charge < -0.3 is 9.47 Å². The summed E-state index contributed by atoms with van der Waals surface area (Å²) in [5.74, 6) is 0.586. The number of methoxy groups -OCH3 is 2. The number of rotatable bonds is 4. The van der Waals surface area contributed by atoms with Gasteiger partial charge in [0.05, 0.1) is 26.0 Å². The molecular weight excluding hydrogens is 232 g/mol. The third kappa shape index (κ3) is 2.15. The molecule has 0 aliphatic carbocycles. The normalized spacial score (nSPS) is 9.89. The highest BCUT2D eigenvalue weighted by atomic mass is 16.5. The van der Waals surface area contributed by atoms with E-state index in [1.54, 1.807) is 24.4 Å². The number of aromatic nitrogens is 2. The molecule has 2 rings (SSSR count). The van der Waals surface area contributed by atoms with E-state index in [0.29, 0.717) is 17.1 Å². The van der Waals surface area contributed by atoms with E-state index >= 15 is 0 Å². The van der Waals surface area contributed by atoms with Gasteiger partial charge in [0.2, 0.25) is 5.78 Å². The molecule has 92 valence electrons. The van der Waals surface area contributed by atoms with Gasteiger partial charge >= 0.3 is 0 Å². The molecule has 0 saturated heterocycles. The van der Waals surface area contributed by atoms with Crippen LogP contribution in [0.25, 0.3) is 0 Å². The molecular formula is C13H12N2O3. The van der Waals surface area contributed by atoms with Crippen molar-refractivity contribution in [2.45, 2.75) is 0 Å². The van der Waals surface area contributed by atoms with Crippen molar-refractivity contribution in [2.75, 3.05) is 14.2 Å². The minimum absolute atomic E-state index is 0.254. The molecule has 0 radical (unpaired) electrons. The highest BCUT2D eigenvalue weighted by Crippen LogP contribution is 2.23. The number of pyridine rings is 2. The van der Waals surface area contributed by atoms with E-state index in [2.05, 4.69) is 9.97 Å². The molecule has 5 heteroatoms. The molecule has 0 fully saturated rings. The first-order chi connectivity index (χ1) is 8.77. The van der Waals surface area contributed by atoms with Gasteiger partial charge in [-0.25, -0.2) is 4.98 Å². The predicted octanol–water partition coefficient (Wildman–Crippen LogP) is 1.72. The van der Waals surface area contributed by atoms with E-state index in [-0.39, 0.29) is 11.5 Å². The summed E-state index contributed by atoms with van der Waals surface area (Å²) in [5, 5.41) is 0. The first-order valence-corrected chi connectivity index (χ1v) is 5.29. The summed E-state index contributed by atoms with van der Waals surface area (Å²) >= 11 is 0. The van der Waals surface area contributed by atoms with Crippen LogP contribution in [0.15, 0.2) is 36.8 Å². The maximum atomic E-state index is 12.4. The van der Waals surface area contributed by atoms with Crippen molar-refractivity contribution in [2.24, 2.45) is 0 Å². The van der Waals surface area contributed by atoms with Gasteiger partial charge in [0.15, 0.2) is 5.69 Å². The lowest BCUT2D eigenvalue weighted by atomic mass is 10.1. The average Bonchev–Trinajstić information content (AvgIpc) is 2.46. The summed E-state index contributed by atoms with van der Waals surface area (Å²) in [7, 11) is 2.99. The smallest absolute Gasteiger partial charge is 0.218 e. The van der Waals surface area contributed by atoms with Gasteiger partial charge in [0, 0.05) is 12.4 Å². The highest BCUT2D eigenvalue weighted by Gasteiger charge is 2.19. The minimum Gasteiger partial charge on any atom is -0.494 e. The molecule has 0 aliphatic heterocycles. The standard InChI is InChI=1S/C13H12N2O3/c1-17-10-4-3-6-15-12(10)13(16)9-5-7-14-8-11(9)18-2/h3-8H,1-2H3.